The van der Waals surface area contributed by atoms with Gasteiger partial charge in [-0.25, -0.2) is 4.39 Å². The number of carbonyl (C=O) groups excluding carboxylic acids is 1. The number of hydrogen-bond donors (Lipinski definition) is 1. The van der Waals surface area contributed by atoms with Gasteiger partial charge in [-0.2, -0.15) is 0 Å². The second-order valence-electron chi connectivity index (χ2n) is 2.24. The van der Waals surface area contributed by atoms with E-state index in [9.17, 15) is 9.18 Å². The van der Waals surface area contributed by atoms with Crippen LogP contribution in [0.5, 0.6) is 5.75 Å². The predicted octanol–water partition coefficient (Wildman–Crippen LogP) is 1.74. The lowest BCUT2D eigenvalue weighted by molar-refractivity contribution is -0.104. The maximum Gasteiger partial charge on any atom is 0.142 e. The molecular formula is C9H7FO2. The standard InChI is InChI=1S/C9H7FO2/c10-8-4-7(2-1-3-11)5-9(12)6-8/h1-6,12H. The average Bonchev–Trinajstić information content (AvgIpc) is 1.99. The smallest absolute Gasteiger partial charge is 0.142 e. The van der Waals surface area contributed by atoms with Gasteiger partial charge in [0.05, 0.1) is 0 Å². The Balaban J connectivity index is 3.00. The highest BCUT2D eigenvalue weighted by Crippen LogP contribution is 2.15. The SMILES string of the molecule is O=CC=Cc1cc(O)cc(F)c1. The van der Waals surface area contributed by atoms with Crippen LogP contribution in [0.3, 0.4) is 0 Å². The number of phenolic OH excluding ortho intramolecular Hbond substituents is 1. The van der Waals surface area contributed by atoms with Crippen LogP contribution in [0, 0.1) is 5.82 Å². The number of phenols is 1. The molecule has 0 spiro atoms. The Morgan fingerprint density at radius 2 is 2.08 bits per heavy atom. The molecular weight excluding hydrogens is 159 g/mol. The summed E-state index contributed by atoms with van der Waals surface area (Å²) < 4.78 is 12.6. The minimum Gasteiger partial charge on any atom is -0.508 e. The highest BCUT2D eigenvalue weighted by molar-refractivity contribution is 5.74. The van der Waals surface area contributed by atoms with Crippen LogP contribution in [0.15, 0.2) is 24.3 Å². The normalized spacial score (nSPS) is 10.4. The first-order valence-corrected chi connectivity index (χ1v) is 3.34. The van der Waals surface area contributed by atoms with Gasteiger partial charge >= 0.3 is 0 Å². The van der Waals surface area contributed by atoms with Crippen molar-refractivity contribution in [1.82, 2.24) is 0 Å². The van der Waals surface area contributed by atoms with Gasteiger partial charge in [-0.3, -0.25) is 4.79 Å². The second kappa shape index (κ2) is 3.67. The molecule has 12 heavy (non-hydrogen) atoms. The quantitative estimate of drug-likeness (QED) is 0.536. The average molecular weight is 166 g/mol. The molecule has 0 bridgehead atoms. The minimum absolute atomic E-state index is 0.152. The Hall–Kier alpha value is -1.64. The third kappa shape index (κ3) is 2.20. The van der Waals surface area contributed by atoms with E-state index in [0.29, 0.717) is 11.8 Å². The van der Waals surface area contributed by atoms with Crippen LogP contribution in [-0.4, -0.2) is 11.4 Å². The van der Waals surface area contributed by atoms with Gasteiger partial charge in [0.15, 0.2) is 0 Å². The van der Waals surface area contributed by atoms with Crippen LogP contribution >= 0.6 is 0 Å². The monoisotopic (exact) mass is 166 g/mol. The molecule has 0 aliphatic heterocycles. The summed E-state index contributed by atoms with van der Waals surface area (Å²) >= 11 is 0. The Labute approximate surface area is 69.0 Å². The lowest BCUT2D eigenvalue weighted by Gasteiger charge is -1.95. The summed E-state index contributed by atoms with van der Waals surface area (Å²) in [5, 5.41) is 8.93. The molecule has 0 radical (unpaired) electrons. The van der Waals surface area contributed by atoms with E-state index in [4.69, 9.17) is 5.11 Å². The van der Waals surface area contributed by atoms with Crippen molar-refractivity contribution < 1.29 is 14.3 Å². The first-order valence-electron chi connectivity index (χ1n) is 3.34. The van der Waals surface area contributed by atoms with Gasteiger partial charge in [0.1, 0.15) is 17.9 Å². The Bertz CT molecular complexity index is 298. The fourth-order valence-electron chi connectivity index (χ4n) is 0.843. The number of aromatic hydroxyl groups is 1. The molecule has 0 aromatic heterocycles. The van der Waals surface area contributed by atoms with Gasteiger partial charge in [-0.05, 0) is 23.8 Å². The lowest BCUT2D eigenvalue weighted by Crippen LogP contribution is -1.77. The maximum absolute atomic E-state index is 12.6. The molecule has 0 atom stereocenters. The summed E-state index contributed by atoms with van der Waals surface area (Å²) in [6, 6.07) is 3.58. The number of hydrogen-bond acceptors (Lipinski definition) is 2. The zero-order chi connectivity index (χ0) is 8.97. The van der Waals surface area contributed by atoms with Crippen molar-refractivity contribution >= 4 is 12.4 Å². The van der Waals surface area contributed by atoms with Crippen LogP contribution in [0.4, 0.5) is 4.39 Å². The van der Waals surface area contributed by atoms with Crippen molar-refractivity contribution in [2.75, 3.05) is 0 Å². The summed E-state index contributed by atoms with van der Waals surface area (Å²) in [5.41, 5.74) is 0.458. The number of aldehydes is 1. The van der Waals surface area contributed by atoms with Crippen molar-refractivity contribution in [2.24, 2.45) is 0 Å². The van der Waals surface area contributed by atoms with Crippen LogP contribution < -0.4 is 0 Å². The van der Waals surface area contributed by atoms with Crippen molar-refractivity contribution in [1.29, 1.82) is 0 Å². The molecule has 0 aliphatic rings. The molecule has 0 aliphatic carbocycles. The van der Waals surface area contributed by atoms with E-state index in [2.05, 4.69) is 0 Å². The van der Waals surface area contributed by atoms with Gasteiger partial charge in [0, 0.05) is 6.07 Å². The lowest BCUT2D eigenvalue weighted by atomic mass is 10.2. The Kier molecular flexibility index (Phi) is 2.58. The van der Waals surface area contributed by atoms with E-state index in [-0.39, 0.29) is 5.75 Å². The van der Waals surface area contributed by atoms with Gasteiger partial charge in [0.2, 0.25) is 0 Å². The molecule has 0 heterocycles. The summed E-state index contributed by atoms with van der Waals surface area (Å²) in [6.07, 6.45) is 3.23. The number of benzene rings is 1. The number of rotatable bonds is 2. The number of carbonyl (C=O) groups is 1. The zero-order valence-electron chi connectivity index (χ0n) is 6.20. The van der Waals surface area contributed by atoms with Gasteiger partial charge in [-0.15, -0.1) is 0 Å². The van der Waals surface area contributed by atoms with Gasteiger partial charge < -0.3 is 5.11 Å². The molecule has 0 amide bonds. The van der Waals surface area contributed by atoms with E-state index in [0.717, 1.165) is 6.07 Å². The fourth-order valence-corrected chi connectivity index (χ4v) is 0.843. The van der Waals surface area contributed by atoms with Crippen molar-refractivity contribution in [3.05, 3.63) is 35.7 Å². The molecule has 1 aromatic rings. The first kappa shape index (κ1) is 8.46. The Morgan fingerprint density at radius 3 is 2.67 bits per heavy atom. The molecule has 0 unspecified atom stereocenters. The molecule has 1 rings (SSSR count). The predicted molar refractivity (Wildman–Crippen MR) is 43.2 cm³/mol. The molecule has 62 valence electrons. The molecule has 1 N–H and O–H groups in total. The molecule has 0 saturated heterocycles. The third-order valence-electron chi connectivity index (χ3n) is 1.27. The second-order valence-corrected chi connectivity index (χ2v) is 2.24. The topological polar surface area (TPSA) is 37.3 Å². The number of halogens is 1. The van der Waals surface area contributed by atoms with E-state index in [1.165, 1.54) is 24.3 Å². The zero-order valence-corrected chi connectivity index (χ0v) is 6.20. The van der Waals surface area contributed by atoms with E-state index in [1.54, 1.807) is 0 Å². The van der Waals surface area contributed by atoms with Crippen molar-refractivity contribution in [2.45, 2.75) is 0 Å². The van der Waals surface area contributed by atoms with E-state index >= 15 is 0 Å². The largest absolute Gasteiger partial charge is 0.508 e. The highest BCUT2D eigenvalue weighted by atomic mass is 19.1. The highest BCUT2D eigenvalue weighted by Gasteiger charge is 1.95. The molecule has 2 nitrogen and oxygen atoms in total. The molecule has 3 heteroatoms. The fraction of sp³-hybridized carbons (Fsp3) is 0. The number of allylic oxidation sites excluding steroid dienone is 1. The Morgan fingerprint density at radius 1 is 1.33 bits per heavy atom. The summed E-state index contributed by atoms with van der Waals surface area (Å²) in [6.45, 7) is 0. The van der Waals surface area contributed by atoms with Crippen LogP contribution in [-0.2, 0) is 4.79 Å². The van der Waals surface area contributed by atoms with Crippen molar-refractivity contribution in [3.63, 3.8) is 0 Å². The first-order chi connectivity index (χ1) is 5.72. The van der Waals surface area contributed by atoms with Crippen molar-refractivity contribution in [3.8, 4) is 5.75 Å². The van der Waals surface area contributed by atoms with E-state index < -0.39 is 5.82 Å². The van der Waals surface area contributed by atoms with Gasteiger partial charge in [-0.1, -0.05) is 6.08 Å². The summed E-state index contributed by atoms with van der Waals surface area (Å²) in [4.78, 5) is 9.90. The summed E-state index contributed by atoms with van der Waals surface area (Å²) in [7, 11) is 0. The third-order valence-corrected chi connectivity index (χ3v) is 1.27. The minimum atomic E-state index is -0.527. The van der Waals surface area contributed by atoms with Crippen LogP contribution in [0.2, 0.25) is 0 Å². The molecule has 0 saturated carbocycles. The van der Waals surface area contributed by atoms with Crippen LogP contribution in [0.25, 0.3) is 6.08 Å². The molecule has 1 aromatic carbocycles. The maximum atomic E-state index is 12.6. The molecule has 0 fully saturated rings. The van der Waals surface area contributed by atoms with Crippen LogP contribution in [0.1, 0.15) is 5.56 Å². The van der Waals surface area contributed by atoms with Gasteiger partial charge in [0.25, 0.3) is 0 Å². The summed E-state index contributed by atoms with van der Waals surface area (Å²) in [5.74, 6) is -0.680. The van der Waals surface area contributed by atoms with E-state index in [1.807, 2.05) is 0 Å².